The van der Waals surface area contributed by atoms with Crippen molar-refractivity contribution in [2.24, 2.45) is 5.73 Å². The van der Waals surface area contributed by atoms with Gasteiger partial charge in [0.2, 0.25) is 0 Å². The van der Waals surface area contributed by atoms with Crippen molar-refractivity contribution in [1.82, 2.24) is 10.2 Å². The summed E-state index contributed by atoms with van der Waals surface area (Å²) >= 11 is 0. The van der Waals surface area contributed by atoms with Gasteiger partial charge in [0, 0.05) is 17.8 Å². The fourth-order valence-corrected chi connectivity index (χ4v) is 1.15. The number of H-pyrrole nitrogens is 1. The predicted molar refractivity (Wildman–Crippen MR) is 47.8 cm³/mol. The highest BCUT2D eigenvalue weighted by Crippen LogP contribution is 2.23. The molecule has 74 valence electrons. The zero-order valence-corrected chi connectivity index (χ0v) is 7.36. The molecule has 0 bridgehead atoms. The molecule has 7 N–H and O–H groups in total. The van der Waals surface area contributed by atoms with Gasteiger partial charge in [-0.05, 0) is 6.92 Å². The van der Waals surface area contributed by atoms with Gasteiger partial charge < -0.3 is 21.7 Å². The Labute approximate surface area is 75.6 Å². The van der Waals surface area contributed by atoms with Gasteiger partial charge in [0.05, 0.1) is 6.10 Å². The largest absolute Gasteiger partial charge is 0.389 e. The molecular formula is C7H14N4O2. The average molecular weight is 186 g/mol. The molecule has 0 aliphatic heterocycles. The number of nitrogens with zero attached hydrogens (tertiary/aromatic N) is 1. The Balaban J connectivity index is 2.93. The Hall–Kier alpha value is -1.11. The van der Waals surface area contributed by atoms with E-state index in [-0.39, 0.29) is 12.4 Å². The summed E-state index contributed by atoms with van der Waals surface area (Å²) in [5.74, 6) is 0.192. The molecule has 0 spiro atoms. The molecular weight excluding hydrogens is 172 g/mol. The molecule has 2 atom stereocenters. The molecule has 0 amide bonds. The molecule has 1 aromatic rings. The number of hydrogen-bond acceptors (Lipinski definition) is 5. The van der Waals surface area contributed by atoms with Gasteiger partial charge in [-0.15, -0.1) is 0 Å². The van der Waals surface area contributed by atoms with E-state index in [0.717, 1.165) is 0 Å². The molecule has 0 aromatic carbocycles. The number of aryl methyl sites for hydroxylation is 1. The number of nitrogen functional groups attached to an aromatic ring is 1. The van der Waals surface area contributed by atoms with E-state index in [2.05, 4.69) is 10.2 Å². The van der Waals surface area contributed by atoms with Crippen LogP contribution >= 0.6 is 0 Å². The van der Waals surface area contributed by atoms with Crippen LogP contribution in [0.25, 0.3) is 0 Å². The van der Waals surface area contributed by atoms with Crippen molar-refractivity contribution in [1.29, 1.82) is 0 Å². The quantitative estimate of drug-likeness (QED) is 0.399. The molecule has 1 heterocycles. The minimum atomic E-state index is -1.08. The lowest BCUT2D eigenvalue weighted by Crippen LogP contribution is -2.27. The van der Waals surface area contributed by atoms with E-state index < -0.39 is 12.2 Å². The maximum atomic E-state index is 9.57. The zero-order valence-electron chi connectivity index (χ0n) is 7.36. The zero-order chi connectivity index (χ0) is 10.0. The highest BCUT2D eigenvalue weighted by Gasteiger charge is 2.22. The number of nitrogens with two attached hydrogens (primary N) is 2. The number of nitrogens with one attached hydrogen (secondary N) is 1. The van der Waals surface area contributed by atoms with Crippen molar-refractivity contribution in [2.75, 3.05) is 12.3 Å². The fourth-order valence-electron chi connectivity index (χ4n) is 1.15. The number of anilines is 1. The van der Waals surface area contributed by atoms with E-state index in [0.29, 0.717) is 11.3 Å². The number of aromatic amines is 1. The van der Waals surface area contributed by atoms with E-state index in [4.69, 9.17) is 11.5 Å². The Morgan fingerprint density at radius 1 is 1.54 bits per heavy atom. The molecule has 1 aromatic heterocycles. The fraction of sp³-hybridized carbons (Fsp3) is 0.571. The second-order valence-corrected chi connectivity index (χ2v) is 2.90. The number of aliphatic hydroxyl groups excluding tert-OH is 2. The first-order chi connectivity index (χ1) is 6.07. The van der Waals surface area contributed by atoms with E-state index in [1.54, 1.807) is 6.92 Å². The molecule has 0 radical (unpaired) electrons. The molecule has 13 heavy (non-hydrogen) atoms. The van der Waals surface area contributed by atoms with Crippen molar-refractivity contribution in [3.8, 4) is 0 Å². The maximum absolute atomic E-state index is 9.57. The van der Waals surface area contributed by atoms with Gasteiger partial charge in [0.15, 0.2) is 5.82 Å². The first-order valence-corrected chi connectivity index (χ1v) is 3.94. The summed E-state index contributed by atoms with van der Waals surface area (Å²) in [6.45, 7) is 1.69. The highest BCUT2D eigenvalue weighted by atomic mass is 16.3. The SMILES string of the molecule is Cc1[nH]nc(N)c1C(O)C(O)CN. The van der Waals surface area contributed by atoms with Crippen LogP contribution in [0.3, 0.4) is 0 Å². The minimum Gasteiger partial charge on any atom is -0.389 e. The lowest BCUT2D eigenvalue weighted by molar-refractivity contribution is 0.0244. The van der Waals surface area contributed by atoms with E-state index in [1.807, 2.05) is 0 Å². The summed E-state index contributed by atoms with van der Waals surface area (Å²) in [6, 6.07) is 0. The summed E-state index contributed by atoms with van der Waals surface area (Å²) in [4.78, 5) is 0. The molecule has 0 saturated carbocycles. The van der Waals surface area contributed by atoms with Gasteiger partial charge in [-0.3, -0.25) is 5.10 Å². The van der Waals surface area contributed by atoms with Gasteiger partial charge in [-0.1, -0.05) is 0 Å². The minimum absolute atomic E-state index is 0.0226. The molecule has 0 fully saturated rings. The van der Waals surface area contributed by atoms with Crippen LogP contribution in [0.5, 0.6) is 0 Å². The summed E-state index contributed by atoms with van der Waals surface area (Å²) in [5.41, 5.74) is 11.7. The summed E-state index contributed by atoms with van der Waals surface area (Å²) in [7, 11) is 0. The molecule has 6 nitrogen and oxygen atoms in total. The second kappa shape index (κ2) is 3.73. The van der Waals surface area contributed by atoms with Crippen LogP contribution in [-0.4, -0.2) is 33.1 Å². The molecule has 0 aliphatic rings. The molecule has 1 rings (SSSR count). The van der Waals surface area contributed by atoms with Crippen LogP contribution in [-0.2, 0) is 0 Å². The predicted octanol–water partition coefficient (Wildman–Crippen LogP) is -1.35. The van der Waals surface area contributed by atoms with Crippen LogP contribution in [0.1, 0.15) is 17.4 Å². The first kappa shape index (κ1) is 9.97. The summed E-state index contributed by atoms with van der Waals surface area (Å²) < 4.78 is 0. The number of aromatic nitrogens is 2. The number of hydrogen-bond donors (Lipinski definition) is 5. The topological polar surface area (TPSA) is 121 Å². The second-order valence-electron chi connectivity index (χ2n) is 2.90. The molecule has 6 heteroatoms. The lowest BCUT2D eigenvalue weighted by Gasteiger charge is -2.15. The highest BCUT2D eigenvalue weighted by molar-refractivity contribution is 5.43. The Morgan fingerprint density at radius 3 is 2.54 bits per heavy atom. The Kier molecular flexibility index (Phi) is 2.86. The molecule has 0 saturated heterocycles. The van der Waals surface area contributed by atoms with Crippen LogP contribution < -0.4 is 11.5 Å². The van der Waals surface area contributed by atoms with Gasteiger partial charge >= 0.3 is 0 Å². The van der Waals surface area contributed by atoms with Gasteiger partial charge in [-0.25, -0.2) is 0 Å². The van der Waals surface area contributed by atoms with Crippen molar-refractivity contribution in [3.63, 3.8) is 0 Å². The van der Waals surface area contributed by atoms with Crippen molar-refractivity contribution in [2.45, 2.75) is 19.1 Å². The van der Waals surface area contributed by atoms with E-state index in [1.165, 1.54) is 0 Å². The number of rotatable bonds is 3. The Morgan fingerprint density at radius 2 is 2.15 bits per heavy atom. The van der Waals surface area contributed by atoms with Crippen LogP contribution in [0.2, 0.25) is 0 Å². The number of aliphatic hydroxyl groups is 2. The van der Waals surface area contributed by atoms with Crippen LogP contribution in [0.15, 0.2) is 0 Å². The standard InChI is InChI=1S/C7H14N4O2/c1-3-5(7(9)11-10-3)6(13)4(12)2-8/h4,6,12-13H,2,8H2,1H3,(H3,9,10,11). The third-order valence-corrected chi connectivity index (χ3v) is 1.93. The third kappa shape index (κ3) is 1.80. The lowest BCUT2D eigenvalue weighted by atomic mass is 10.0. The summed E-state index contributed by atoms with van der Waals surface area (Å²) in [6.07, 6.45) is -2.10. The monoisotopic (exact) mass is 186 g/mol. The first-order valence-electron chi connectivity index (χ1n) is 3.94. The van der Waals surface area contributed by atoms with E-state index in [9.17, 15) is 10.2 Å². The van der Waals surface area contributed by atoms with Crippen molar-refractivity contribution < 1.29 is 10.2 Å². The normalized spacial score (nSPS) is 15.7. The molecule has 0 aliphatic carbocycles. The van der Waals surface area contributed by atoms with Crippen molar-refractivity contribution in [3.05, 3.63) is 11.3 Å². The third-order valence-electron chi connectivity index (χ3n) is 1.93. The molecule has 2 unspecified atom stereocenters. The average Bonchev–Trinajstić information content (AvgIpc) is 2.44. The van der Waals surface area contributed by atoms with Crippen LogP contribution in [0.4, 0.5) is 5.82 Å². The smallest absolute Gasteiger partial charge is 0.151 e. The Bertz CT molecular complexity index is 267. The van der Waals surface area contributed by atoms with Gasteiger partial charge in [-0.2, -0.15) is 5.10 Å². The van der Waals surface area contributed by atoms with Crippen LogP contribution in [0, 0.1) is 6.92 Å². The van der Waals surface area contributed by atoms with Crippen molar-refractivity contribution >= 4 is 5.82 Å². The summed E-state index contributed by atoms with van der Waals surface area (Å²) in [5, 5.41) is 25.1. The maximum Gasteiger partial charge on any atom is 0.151 e. The van der Waals surface area contributed by atoms with Gasteiger partial charge in [0.25, 0.3) is 0 Å². The van der Waals surface area contributed by atoms with E-state index >= 15 is 0 Å². The van der Waals surface area contributed by atoms with Gasteiger partial charge in [0.1, 0.15) is 6.10 Å².